The fraction of sp³-hybridized carbons (Fsp3) is 0.588. The number of hydrogen-bond acceptors (Lipinski definition) is 3. The maximum Gasteiger partial charge on any atom is 0.180 e. The highest BCUT2D eigenvalue weighted by Gasteiger charge is 2.24. The van der Waals surface area contributed by atoms with Crippen LogP contribution in [0, 0.1) is 6.92 Å². The van der Waals surface area contributed by atoms with Gasteiger partial charge in [0.2, 0.25) is 0 Å². The molecule has 0 bridgehead atoms. The number of carbonyl (C=O) groups excluding carboxylic acids is 1. The topological polar surface area (TPSA) is 29.5 Å². The SMILES string of the molecule is CCC1CCCCN1CC(=O)c1ccc(C)cc1OC. The quantitative estimate of drug-likeness (QED) is 0.771. The Morgan fingerprint density at radius 2 is 2.20 bits per heavy atom. The third-order valence-electron chi connectivity index (χ3n) is 4.22. The van der Waals surface area contributed by atoms with Crippen LogP contribution in [0.3, 0.4) is 0 Å². The van der Waals surface area contributed by atoms with E-state index in [1.54, 1.807) is 7.11 Å². The van der Waals surface area contributed by atoms with Gasteiger partial charge in [-0.2, -0.15) is 0 Å². The number of rotatable bonds is 5. The lowest BCUT2D eigenvalue weighted by Gasteiger charge is -2.34. The molecule has 1 aromatic rings. The van der Waals surface area contributed by atoms with Crippen molar-refractivity contribution in [3.63, 3.8) is 0 Å². The Morgan fingerprint density at radius 1 is 1.40 bits per heavy atom. The number of ether oxygens (including phenoxy) is 1. The Hall–Kier alpha value is -1.35. The predicted octanol–water partition coefficient (Wildman–Crippen LogP) is 3.45. The molecule has 1 fully saturated rings. The van der Waals surface area contributed by atoms with Gasteiger partial charge in [0.15, 0.2) is 5.78 Å². The summed E-state index contributed by atoms with van der Waals surface area (Å²) >= 11 is 0. The first-order chi connectivity index (χ1) is 9.65. The van der Waals surface area contributed by atoms with Gasteiger partial charge < -0.3 is 4.74 Å². The number of aryl methyl sites for hydroxylation is 1. The summed E-state index contributed by atoms with van der Waals surface area (Å²) in [6.07, 6.45) is 4.83. The summed E-state index contributed by atoms with van der Waals surface area (Å²) in [5, 5.41) is 0. The number of piperidine rings is 1. The molecule has 1 saturated heterocycles. The molecule has 0 spiro atoms. The number of carbonyl (C=O) groups is 1. The lowest BCUT2D eigenvalue weighted by atomic mass is 9.98. The summed E-state index contributed by atoms with van der Waals surface area (Å²) in [6.45, 7) is 5.77. The molecular weight excluding hydrogens is 250 g/mol. The van der Waals surface area contributed by atoms with Gasteiger partial charge >= 0.3 is 0 Å². The summed E-state index contributed by atoms with van der Waals surface area (Å²) < 4.78 is 5.35. The minimum absolute atomic E-state index is 0.169. The van der Waals surface area contributed by atoms with E-state index in [4.69, 9.17) is 4.74 Å². The molecule has 1 unspecified atom stereocenters. The number of likely N-dealkylation sites (tertiary alicyclic amines) is 1. The minimum Gasteiger partial charge on any atom is -0.496 e. The Labute approximate surface area is 121 Å². The van der Waals surface area contributed by atoms with Crippen molar-refractivity contribution < 1.29 is 9.53 Å². The van der Waals surface area contributed by atoms with Crippen LogP contribution >= 0.6 is 0 Å². The third-order valence-corrected chi connectivity index (χ3v) is 4.22. The predicted molar refractivity (Wildman–Crippen MR) is 81.6 cm³/mol. The number of ketones is 1. The normalized spacial score (nSPS) is 19.9. The largest absolute Gasteiger partial charge is 0.496 e. The smallest absolute Gasteiger partial charge is 0.180 e. The van der Waals surface area contributed by atoms with Crippen LogP contribution in [0.2, 0.25) is 0 Å². The third kappa shape index (κ3) is 3.40. The number of hydrogen-bond donors (Lipinski definition) is 0. The van der Waals surface area contributed by atoms with E-state index in [1.807, 2.05) is 25.1 Å². The molecule has 0 radical (unpaired) electrons. The van der Waals surface area contributed by atoms with Crippen molar-refractivity contribution in [2.45, 2.75) is 45.6 Å². The molecule has 1 aliphatic rings. The summed E-state index contributed by atoms with van der Waals surface area (Å²) in [6, 6.07) is 6.36. The summed E-state index contributed by atoms with van der Waals surface area (Å²) in [5.41, 5.74) is 1.82. The summed E-state index contributed by atoms with van der Waals surface area (Å²) in [5.74, 6) is 0.863. The van der Waals surface area contributed by atoms with Gasteiger partial charge in [0.25, 0.3) is 0 Å². The van der Waals surface area contributed by atoms with Crippen LogP contribution in [-0.2, 0) is 0 Å². The molecule has 3 nitrogen and oxygen atoms in total. The fourth-order valence-electron chi connectivity index (χ4n) is 3.03. The van der Waals surface area contributed by atoms with E-state index in [0.717, 1.165) is 18.5 Å². The van der Waals surface area contributed by atoms with E-state index >= 15 is 0 Å². The van der Waals surface area contributed by atoms with E-state index in [9.17, 15) is 4.79 Å². The van der Waals surface area contributed by atoms with Crippen molar-refractivity contribution >= 4 is 5.78 Å². The number of methoxy groups -OCH3 is 1. The zero-order valence-corrected chi connectivity index (χ0v) is 12.8. The molecule has 110 valence electrons. The highest BCUT2D eigenvalue weighted by molar-refractivity contribution is 6.00. The Morgan fingerprint density at radius 3 is 2.90 bits per heavy atom. The second-order valence-electron chi connectivity index (χ2n) is 5.66. The molecule has 0 N–H and O–H groups in total. The van der Waals surface area contributed by atoms with Crippen molar-refractivity contribution in [1.82, 2.24) is 4.90 Å². The van der Waals surface area contributed by atoms with Crippen LogP contribution in [-0.4, -0.2) is 36.9 Å². The van der Waals surface area contributed by atoms with Crippen LogP contribution in [0.5, 0.6) is 5.75 Å². The van der Waals surface area contributed by atoms with Gasteiger partial charge in [0, 0.05) is 6.04 Å². The molecule has 3 heteroatoms. The highest BCUT2D eigenvalue weighted by Crippen LogP contribution is 2.23. The molecule has 0 saturated carbocycles. The van der Waals surface area contributed by atoms with Crippen LogP contribution in [0.25, 0.3) is 0 Å². The van der Waals surface area contributed by atoms with Crippen LogP contribution in [0.4, 0.5) is 0 Å². The van der Waals surface area contributed by atoms with Crippen molar-refractivity contribution in [1.29, 1.82) is 0 Å². The molecule has 0 amide bonds. The first-order valence-electron chi connectivity index (χ1n) is 7.57. The monoisotopic (exact) mass is 275 g/mol. The maximum atomic E-state index is 12.5. The van der Waals surface area contributed by atoms with Crippen molar-refractivity contribution in [3.8, 4) is 5.75 Å². The standard InChI is InChI=1S/C17H25NO2/c1-4-14-7-5-6-10-18(14)12-16(19)15-9-8-13(2)11-17(15)20-3/h8-9,11,14H,4-7,10,12H2,1-3H3. The minimum atomic E-state index is 0.169. The molecule has 1 heterocycles. The molecule has 1 aromatic carbocycles. The number of Topliss-reactive ketones (excluding diaryl/α,β-unsaturated/α-hetero) is 1. The van der Waals surface area contributed by atoms with Crippen LogP contribution < -0.4 is 4.74 Å². The van der Waals surface area contributed by atoms with Gasteiger partial charge in [-0.05, 0) is 50.4 Å². The van der Waals surface area contributed by atoms with Gasteiger partial charge in [-0.3, -0.25) is 9.69 Å². The zero-order chi connectivity index (χ0) is 14.5. The van der Waals surface area contributed by atoms with Gasteiger partial charge in [-0.1, -0.05) is 19.4 Å². The van der Waals surface area contributed by atoms with Gasteiger partial charge in [-0.15, -0.1) is 0 Å². The van der Waals surface area contributed by atoms with Gasteiger partial charge in [-0.25, -0.2) is 0 Å². The van der Waals surface area contributed by atoms with Crippen molar-refractivity contribution in [3.05, 3.63) is 29.3 Å². The lowest BCUT2D eigenvalue weighted by molar-refractivity contribution is 0.0835. The molecule has 2 rings (SSSR count). The first-order valence-corrected chi connectivity index (χ1v) is 7.57. The van der Waals surface area contributed by atoms with E-state index in [1.165, 1.54) is 19.3 Å². The van der Waals surface area contributed by atoms with Crippen LogP contribution in [0.15, 0.2) is 18.2 Å². The average molecular weight is 275 g/mol. The van der Waals surface area contributed by atoms with E-state index < -0.39 is 0 Å². The zero-order valence-electron chi connectivity index (χ0n) is 12.8. The van der Waals surface area contributed by atoms with E-state index in [2.05, 4.69) is 11.8 Å². The molecule has 1 aliphatic heterocycles. The average Bonchev–Trinajstić information content (AvgIpc) is 2.47. The summed E-state index contributed by atoms with van der Waals surface area (Å²) in [7, 11) is 1.63. The van der Waals surface area contributed by atoms with Crippen LogP contribution in [0.1, 0.15) is 48.5 Å². The lowest BCUT2D eigenvalue weighted by Crippen LogP contribution is -2.42. The molecule has 20 heavy (non-hydrogen) atoms. The summed E-state index contributed by atoms with van der Waals surface area (Å²) in [4.78, 5) is 14.9. The van der Waals surface area contributed by atoms with Gasteiger partial charge in [0.05, 0.1) is 19.2 Å². The van der Waals surface area contributed by atoms with Gasteiger partial charge in [0.1, 0.15) is 5.75 Å². The Balaban J connectivity index is 2.11. The molecular formula is C17H25NO2. The Bertz CT molecular complexity index is 470. The molecule has 0 aromatic heterocycles. The van der Waals surface area contributed by atoms with E-state index in [0.29, 0.717) is 23.9 Å². The maximum absolute atomic E-state index is 12.5. The number of benzene rings is 1. The van der Waals surface area contributed by atoms with Crippen molar-refractivity contribution in [2.75, 3.05) is 20.2 Å². The highest BCUT2D eigenvalue weighted by atomic mass is 16.5. The second kappa shape index (κ2) is 6.89. The second-order valence-corrected chi connectivity index (χ2v) is 5.66. The first kappa shape index (κ1) is 15.0. The van der Waals surface area contributed by atoms with Crippen molar-refractivity contribution in [2.24, 2.45) is 0 Å². The number of nitrogens with zero attached hydrogens (tertiary/aromatic N) is 1. The molecule has 0 aliphatic carbocycles. The van der Waals surface area contributed by atoms with E-state index in [-0.39, 0.29) is 5.78 Å². The Kier molecular flexibility index (Phi) is 5.18. The molecule has 1 atom stereocenters. The fourth-order valence-corrected chi connectivity index (χ4v) is 3.03.